The van der Waals surface area contributed by atoms with Gasteiger partial charge in [-0.05, 0) is 67.5 Å². The largest absolute Gasteiger partial charge is 0.393 e. The lowest BCUT2D eigenvalue weighted by Gasteiger charge is -2.35. The van der Waals surface area contributed by atoms with Crippen LogP contribution in [0.15, 0.2) is 73.2 Å². The summed E-state index contributed by atoms with van der Waals surface area (Å²) in [5.41, 5.74) is 6.40. The molecule has 0 bridgehead atoms. The molecule has 31 heavy (non-hydrogen) atoms. The molecule has 2 atom stereocenters. The van der Waals surface area contributed by atoms with Gasteiger partial charge in [0, 0.05) is 6.54 Å². The van der Waals surface area contributed by atoms with Gasteiger partial charge in [-0.1, -0.05) is 60.7 Å². The van der Waals surface area contributed by atoms with Gasteiger partial charge in [-0.25, -0.2) is 4.98 Å². The van der Waals surface area contributed by atoms with Crippen LogP contribution in [0.3, 0.4) is 0 Å². The van der Waals surface area contributed by atoms with Crippen LogP contribution in [-0.4, -0.2) is 38.8 Å². The Balaban J connectivity index is 1.26. The van der Waals surface area contributed by atoms with Crippen LogP contribution in [0.2, 0.25) is 0 Å². The fraction of sp³-hybridized carbons (Fsp3) is 0.370. The van der Waals surface area contributed by atoms with Crippen LogP contribution in [0.25, 0.3) is 11.1 Å². The lowest BCUT2D eigenvalue weighted by molar-refractivity contribution is 0.0463. The van der Waals surface area contributed by atoms with Crippen molar-refractivity contribution in [1.82, 2.24) is 14.5 Å². The highest BCUT2D eigenvalue weighted by Crippen LogP contribution is 2.45. The first-order valence-corrected chi connectivity index (χ1v) is 11.4. The van der Waals surface area contributed by atoms with Crippen molar-refractivity contribution in [3.8, 4) is 0 Å². The maximum atomic E-state index is 11.2. The Morgan fingerprint density at radius 1 is 1.00 bits per heavy atom. The van der Waals surface area contributed by atoms with Gasteiger partial charge < -0.3 is 9.67 Å². The summed E-state index contributed by atoms with van der Waals surface area (Å²) < 4.78 is 2.26. The van der Waals surface area contributed by atoms with E-state index in [9.17, 15) is 5.11 Å². The van der Waals surface area contributed by atoms with Gasteiger partial charge in [0.05, 0.1) is 30.4 Å². The summed E-state index contributed by atoms with van der Waals surface area (Å²) in [7, 11) is 0. The number of aromatic nitrogens is 2. The fourth-order valence-electron chi connectivity index (χ4n) is 5.39. The third-order valence-corrected chi connectivity index (χ3v) is 7.10. The zero-order chi connectivity index (χ0) is 21.2. The van der Waals surface area contributed by atoms with E-state index < -0.39 is 0 Å². The maximum Gasteiger partial charge on any atom is 0.0956 e. The monoisotopic (exact) mass is 413 g/mol. The van der Waals surface area contributed by atoms with E-state index >= 15 is 0 Å². The second-order valence-corrected chi connectivity index (χ2v) is 9.01. The number of benzene rings is 2. The van der Waals surface area contributed by atoms with Crippen LogP contribution in [0.4, 0.5) is 0 Å². The van der Waals surface area contributed by atoms with E-state index in [-0.39, 0.29) is 12.1 Å². The Labute approximate surface area is 184 Å². The summed E-state index contributed by atoms with van der Waals surface area (Å²) >= 11 is 0. The van der Waals surface area contributed by atoms with E-state index in [1.165, 1.54) is 28.0 Å². The Morgan fingerprint density at radius 2 is 1.68 bits per heavy atom. The molecular weight excluding hydrogens is 382 g/mol. The average Bonchev–Trinajstić information content (AvgIpc) is 3.39. The predicted molar refractivity (Wildman–Crippen MR) is 125 cm³/mol. The summed E-state index contributed by atoms with van der Waals surface area (Å²) in [5.74, 6) is 0.358. The van der Waals surface area contributed by atoms with Crippen molar-refractivity contribution in [3.05, 3.63) is 90.0 Å². The number of rotatable bonds is 6. The molecule has 5 rings (SSSR count). The lowest BCUT2D eigenvalue weighted by Crippen LogP contribution is -2.38. The van der Waals surface area contributed by atoms with Crippen molar-refractivity contribution in [3.63, 3.8) is 0 Å². The summed E-state index contributed by atoms with van der Waals surface area (Å²) in [5, 5.41) is 11.2. The third kappa shape index (κ3) is 4.10. The quantitative estimate of drug-likeness (QED) is 0.616. The zero-order valence-electron chi connectivity index (χ0n) is 18.2. The molecule has 2 unspecified atom stereocenters. The lowest BCUT2D eigenvalue weighted by atomic mass is 9.85. The predicted octanol–water partition coefficient (Wildman–Crippen LogP) is 5.03. The van der Waals surface area contributed by atoms with Gasteiger partial charge in [-0.3, -0.25) is 4.90 Å². The topological polar surface area (TPSA) is 41.3 Å². The molecule has 1 N–H and O–H groups in total. The molecule has 1 saturated heterocycles. The highest BCUT2D eigenvalue weighted by Gasteiger charge is 2.34. The van der Waals surface area contributed by atoms with Crippen molar-refractivity contribution in [2.24, 2.45) is 5.92 Å². The number of allylic oxidation sites excluding steroid dienone is 2. The zero-order valence-corrected chi connectivity index (χ0v) is 18.2. The molecule has 4 heteroatoms. The summed E-state index contributed by atoms with van der Waals surface area (Å²) in [6.45, 7) is 5.30. The van der Waals surface area contributed by atoms with Crippen molar-refractivity contribution in [2.75, 3.05) is 13.1 Å². The number of nitrogens with zero attached hydrogens (tertiary/aromatic N) is 3. The van der Waals surface area contributed by atoms with Gasteiger partial charge in [0.2, 0.25) is 0 Å². The molecule has 3 aromatic rings. The van der Waals surface area contributed by atoms with Crippen molar-refractivity contribution < 1.29 is 5.11 Å². The Kier molecular flexibility index (Phi) is 5.75. The first-order valence-electron chi connectivity index (χ1n) is 11.4. The number of imidazole rings is 1. The molecule has 2 aliphatic rings. The first kappa shape index (κ1) is 20.2. The molecule has 1 fully saturated rings. The van der Waals surface area contributed by atoms with Gasteiger partial charge in [-0.15, -0.1) is 0 Å². The number of aliphatic hydroxyl groups excluding tert-OH is 1. The molecular formula is C27H31N3O. The summed E-state index contributed by atoms with van der Waals surface area (Å²) in [4.78, 5) is 6.90. The van der Waals surface area contributed by atoms with Crippen LogP contribution in [-0.2, 0) is 6.54 Å². The van der Waals surface area contributed by atoms with Crippen LogP contribution >= 0.6 is 0 Å². The standard InChI is InChI=1S/C27H31N3O/c1-20-25-17-28-19-30(25)24(27(20)23-10-6-3-7-11-23)16-26(31)22-12-14-29(15-13-22)18-21-8-4-2-5-9-21/h2-11,17,19,22,24,26,31H,12-16,18H2,1H3. The first-order chi connectivity index (χ1) is 15.2. The van der Waals surface area contributed by atoms with Crippen LogP contribution < -0.4 is 0 Å². The molecule has 160 valence electrons. The van der Waals surface area contributed by atoms with Gasteiger partial charge in [0.25, 0.3) is 0 Å². The molecule has 0 aliphatic carbocycles. The molecule has 0 radical (unpaired) electrons. The van der Waals surface area contributed by atoms with Crippen molar-refractivity contribution >= 4 is 11.1 Å². The SMILES string of the molecule is CC1=C(c2ccccc2)C(CC(O)C2CCN(Cc3ccccc3)CC2)n2cncc21. The Hall–Kier alpha value is -2.69. The minimum Gasteiger partial charge on any atom is -0.393 e. The molecule has 0 spiro atoms. The van der Waals surface area contributed by atoms with E-state index in [0.29, 0.717) is 5.92 Å². The number of aliphatic hydroxyl groups is 1. The van der Waals surface area contributed by atoms with E-state index in [1.54, 1.807) is 0 Å². The average molecular weight is 414 g/mol. The smallest absolute Gasteiger partial charge is 0.0956 e. The third-order valence-electron chi connectivity index (χ3n) is 7.10. The van der Waals surface area contributed by atoms with Crippen molar-refractivity contribution in [2.45, 2.75) is 44.9 Å². The normalized spacial score (nSPS) is 20.8. The summed E-state index contributed by atoms with van der Waals surface area (Å²) in [6.07, 6.45) is 6.43. The van der Waals surface area contributed by atoms with Gasteiger partial charge in [-0.2, -0.15) is 0 Å². The van der Waals surface area contributed by atoms with E-state index in [0.717, 1.165) is 38.9 Å². The second kappa shape index (κ2) is 8.81. The molecule has 4 nitrogen and oxygen atoms in total. The van der Waals surface area contributed by atoms with Crippen LogP contribution in [0, 0.1) is 5.92 Å². The molecule has 0 amide bonds. The molecule has 0 saturated carbocycles. The number of hydrogen-bond acceptors (Lipinski definition) is 3. The van der Waals surface area contributed by atoms with Crippen LogP contribution in [0.1, 0.15) is 49.0 Å². The molecule has 2 aromatic carbocycles. The highest BCUT2D eigenvalue weighted by atomic mass is 16.3. The number of likely N-dealkylation sites (tertiary alicyclic amines) is 1. The number of hydrogen-bond donors (Lipinski definition) is 1. The molecule has 1 aromatic heterocycles. The number of fused-ring (bicyclic) bond motifs is 1. The minimum atomic E-state index is -0.302. The second-order valence-electron chi connectivity index (χ2n) is 9.01. The van der Waals surface area contributed by atoms with Crippen molar-refractivity contribution in [1.29, 1.82) is 0 Å². The maximum absolute atomic E-state index is 11.2. The Bertz CT molecular complexity index is 1030. The van der Waals surface area contributed by atoms with Crippen LogP contribution in [0.5, 0.6) is 0 Å². The number of piperidine rings is 1. The fourth-order valence-corrected chi connectivity index (χ4v) is 5.39. The van der Waals surface area contributed by atoms with E-state index in [1.807, 2.05) is 12.5 Å². The van der Waals surface area contributed by atoms with E-state index in [4.69, 9.17) is 0 Å². The minimum absolute atomic E-state index is 0.150. The summed E-state index contributed by atoms with van der Waals surface area (Å²) in [6, 6.07) is 21.4. The molecule has 2 aliphatic heterocycles. The van der Waals surface area contributed by atoms with Gasteiger partial charge in [0.1, 0.15) is 0 Å². The molecule has 3 heterocycles. The Morgan fingerprint density at radius 3 is 2.39 bits per heavy atom. The van der Waals surface area contributed by atoms with E-state index in [2.05, 4.69) is 82.0 Å². The highest BCUT2D eigenvalue weighted by molar-refractivity contribution is 5.93. The van der Waals surface area contributed by atoms with Gasteiger partial charge in [0.15, 0.2) is 0 Å². The van der Waals surface area contributed by atoms with Gasteiger partial charge >= 0.3 is 0 Å².